The predicted molar refractivity (Wildman–Crippen MR) is 106 cm³/mol. The number of carbonyl (C=O) groups excluding carboxylic acids is 1. The topological polar surface area (TPSA) is 83.9 Å². The maximum absolute atomic E-state index is 12.7. The van der Waals surface area contributed by atoms with Gasteiger partial charge in [0.05, 0.1) is 0 Å². The number of piperidine rings is 1. The van der Waals surface area contributed by atoms with Gasteiger partial charge in [0.1, 0.15) is 23.7 Å². The number of anilines is 2. The standard InChI is InChI=1S/C21H22N6O/c1-15-4-2-6-19(25-15)26-20-12-16(7-10-23-20)17-5-3-11-27(13-17)21(28)18-8-9-22-14-24-18/h2,4,6-10,12,14,17H,3,5,11,13H2,1H3,(H,23,25,26)/t17-/m1/s1. The molecule has 4 rings (SSSR count). The SMILES string of the molecule is Cc1cccc(Nc2cc([C@@H]3CCCN(C(=O)c4ccncn4)C3)ccn2)n1. The van der Waals surface area contributed by atoms with Crippen LogP contribution in [0.2, 0.25) is 0 Å². The minimum atomic E-state index is -0.0385. The second-order valence-corrected chi connectivity index (χ2v) is 6.95. The molecule has 1 aliphatic heterocycles. The second-order valence-electron chi connectivity index (χ2n) is 6.95. The number of amides is 1. The number of likely N-dealkylation sites (tertiary alicyclic amines) is 1. The number of carbonyl (C=O) groups is 1. The van der Waals surface area contributed by atoms with Crippen LogP contribution in [0.5, 0.6) is 0 Å². The van der Waals surface area contributed by atoms with Crippen LogP contribution in [0.25, 0.3) is 0 Å². The van der Waals surface area contributed by atoms with Crippen molar-refractivity contribution in [3.63, 3.8) is 0 Å². The molecule has 1 saturated heterocycles. The smallest absolute Gasteiger partial charge is 0.272 e. The van der Waals surface area contributed by atoms with Crippen LogP contribution in [0.4, 0.5) is 11.6 Å². The number of nitrogens with one attached hydrogen (secondary N) is 1. The molecule has 1 N–H and O–H groups in total. The number of hydrogen-bond donors (Lipinski definition) is 1. The van der Waals surface area contributed by atoms with Gasteiger partial charge in [-0.05, 0) is 55.7 Å². The average molecular weight is 374 g/mol. The molecule has 0 unspecified atom stereocenters. The Bertz CT molecular complexity index is 962. The van der Waals surface area contributed by atoms with E-state index in [4.69, 9.17) is 0 Å². The first kappa shape index (κ1) is 18.0. The Balaban J connectivity index is 1.48. The zero-order valence-electron chi connectivity index (χ0n) is 15.7. The van der Waals surface area contributed by atoms with Crippen molar-refractivity contribution in [1.29, 1.82) is 0 Å². The Labute approximate surface area is 163 Å². The minimum absolute atomic E-state index is 0.0385. The molecule has 1 atom stereocenters. The van der Waals surface area contributed by atoms with E-state index in [1.807, 2.05) is 42.2 Å². The first-order chi connectivity index (χ1) is 13.7. The van der Waals surface area contributed by atoms with Crippen LogP contribution in [0.1, 0.15) is 40.5 Å². The van der Waals surface area contributed by atoms with Crippen molar-refractivity contribution in [2.75, 3.05) is 18.4 Å². The van der Waals surface area contributed by atoms with Crippen molar-refractivity contribution in [2.24, 2.45) is 0 Å². The molecule has 0 bridgehead atoms. The summed E-state index contributed by atoms with van der Waals surface area (Å²) in [4.78, 5) is 31.5. The summed E-state index contributed by atoms with van der Waals surface area (Å²) < 4.78 is 0. The van der Waals surface area contributed by atoms with Gasteiger partial charge in [0.2, 0.25) is 0 Å². The lowest BCUT2D eigenvalue weighted by Crippen LogP contribution is -2.39. The van der Waals surface area contributed by atoms with Gasteiger partial charge < -0.3 is 10.2 Å². The van der Waals surface area contributed by atoms with Crippen LogP contribution in [0, 0.1) is 6.92 Å². The van der Waals surface area contributed by atoms with Gasteiger partial charge in [0.25, 0.3) is 5.91 Å². The summed E-state index contributed by atoms with van der Waals surface area (Å²) in [5.41, 5.74) is 2.57. The number of rotatable bonds is 4. The van der Waals surface area contributed by atoms with Crippen molar-refractivity contribution < 1.29 is 4.79 Å². The quantitative estimate of drug-likeness (QED) is 0.754. The molecule has 0 radical (unpaired) electrons. The van der Waals surface area contributed by atoms with Gasteiger partial charge in [-0.15, -0.1) is 0 Å². The van der Waals surface area contributed by atoms with Gasteiger partial charge in [0, 0.05) is 37.1 Å². The van der Waals surface area contributed by atoms with Gasteiger partial charge in [-0.25, -0.2) is 19.9 Å². The van der Waals surface area contributed by atoms with Crippen LogP contribution in [-0.4, -0.2) is 43.8 Å². The van der Waals surface area contributed by atoms with E-state index in [2.05, 4.69) is 25.3 Å². The molecule has 7 heteroatoms. The molecule has 28 heavy (non-hydrogen) atoms. The fourth-order valence-corrected chi connectivity index (χ4v) is 3.53. The first-order valence-corrected chi connectivity index (χ1v) is 9.41. The minimum Gasteiger partial charge on any atom is -0.337 e. The van der Waals surface area contributed by atoms with Crippen molar-refractivity contribution >= 4 is 17.5 Å². The molecule has 1 amide bonds. The van der Waals surface area contributed by atoms with Crippen LogP contribution in [-0.2, 0) is 0 Å². The fraction of sp³-hybridized carbons (Fsp3) is 0.286. The van der Waals surface area contributed by atoms with Gasteiger partial charge >= 0.3 is 0 Å². The molecule has 7 nitrogen and oxygen atoms in total. The summed E-state index contributed by atoms with van der Waals surface area (Å²) in [5.74, 6) is 1.76. The summed E-state index contributed by atoms with van der Waals surface area (Å²) in [6, 6.07) is 11.6. The van der Waals surface area contributed by atoms with Gasteiger partial charge in [-0.3, -0.25) is 4.79 Å². The highest BCUT2D eigenvalue weighted by Crippen LogP contribution is 2.29. The highest BCUT2D eigenvalue weighted by Gasteiger charge is 2.26. The highest BCUT2D eigenvalue weighted by atomic mass is 16.2. The van der Waals surface area contributed by atoms with E-state index in [0.29, 0.717) is 12.2 Å². The molecule has 0 saturated carbocycles. The Hall–Kier alpha value is -3.35. The van der Waals surface area contributed by atoms with Gasteiger partial charge in [-0.1, -0.05) is 6.07 Å². The van der Waals surface area contributed by atoms with Crippen LogP contribution in [0.3, 0.4) is 0 Å². The maximum Gasteiger partial charge on any atom is 0.272 e. The Morgan fingerprint density at radius 3 is 2.89 bits per heavy atom. The monoisotopic (exact) mass is 374 g/mol. The molecular formula is C21H22N6O. The first-order valence-electron chi connectivity index (χ1n) is 9.41. The molecule has 0 spiro atoms. The normalized spacial score (nSPS) is 16.6. The Morgan fingerprint density at radius 1 is 1.14 bits per heavy atom. The van der Waals surface area contributed by atoms with E-state index in [-0.39, 0.29) is 11.8 Å². The molecule has 3 aromatic heterocycles. The molecule has 3 aromatic rings. The van der Waals surface area contributed by atoms with Crippen molar-refractivity contribution in [1.82, 2.24) is 24.8 Å². The number of aromatic nitrogens is 4. The zero-order chi connectivity index (χ0) is 19.3. The van der Waals surface area contributed by atoms with E-state index in [1.54, 1.807) is 18.5 Å². The largest absolute Gasteiger partial charge is 0.337 e. The van der Waals surface area contributed by atoms with Crippen molar-refractivity contribution in [3.05, 3.63) is 72.1 Å². The molecule has 1 aliphatic rings. The van der Waals surface area contributed by atoms with E-state index in [9.17, 15) is 4.79 Å². The van der Waals surface area contributed by atoms with E-state index in [0.717, 1.165) is 36.7 Å². The fourth-order valence-electron chi connectivity index (χ4n) is 3.53. The van der Waals surface area contributed by atoms with Crippen LogP contribution in [0.15, 0.2) is 55.1 Å². The number of nitrogens with zero attached hydrogens (tertiary/aromatic N) is 5. The molecule has 4 heterocycles. The lowest BCUT2D eigenvalue weighted by molar-refractivity contribution is 0.0701. The predicted octanol–water partition coefficient (Wildman–Crippen LogP) is 3.34. The van der Waals surface area contributed by atoms with Crippen molar-refractivity contribution in [2.45, 2.75) is 25.7 Å². The lowest BCUT2D eigenvalue weighted by Gasteiger charge is -2.33. The van der Waals surface area contributed by atoms with Gasteiger partial charge in [-0.2, -0.15) is 0 Å². The summed E-state index contributed by atoms with van der Waals surface area (Å²) in [5, 5.41) is 3.26. The maximum atomic E-state index is 12.7. The van der Waals surface area contributed by atoms with Crippen molar-refractivity contribution in [3.8, 4) is 0 Å². The number of aryl methyl sites for hydroxylation is 1. The van der Waals surface area contributed by atoms with Gasteiger partial charge in [0.15, 0.2) is 0 Å². The Morgan fingerprint density at radius 2 is 2.07 bits per heavy atom. The molecular weight excluding hydrogens is 352 g/mol. The second kappa shape index (κ2) is 8.12. The number of hydrogen-bond acceptors (Lipinski definition) is 6. The third-order valence-electron chi connectivity index (χ3n) is 4.91. The van der Waals surface area contributed by atoms with E-state index in [1.165, 1.54) is 11.9 Å². The summed E-state index contributed by atoms with van der Waals surface area (Å²) in [7, 11) is 0. The van der Waals surface area contributed by atoms with Crippen LogP contribution >= 0.6 is 0 Å². The molecule has 0 aromatic carbocycles. The highest BCUT2D eigenvalue weighted by molar-refractivity contribution is 5.92. The Kier molecular flexibility index (Phi) is 5.23. The average Bonchev–Trinajstić information content (AvgIpc) is 2.74. The van der Waals surface area contributed by atoms with E-state index < -0.39 is 0 Å². The third-order valence-corrected chi connectivity index (χ3v) is 4.91. The molecule has 142 valence electrons. The molecule has 0 aliphatic carbocycles. The third kappa shape index (κ3) is 4.14. The zero-order valence-corrected chi connectivity index (χ0v) is 15.7. The lowest BCUT2D eigenvalue weighted by atomic mass is 9.91. The summed E-state index contributed by atoms with van der Waals surface area (Å²) in [6.07, 6.45) is 6.82. The van der Waals surface area contributed by atoms with E-state index >= 15 is 0 Å². The summed E-state index contributed by atoms with van der Waals surface area (Å²) in [6.45, 7) is 3.39. The molecule has 1 fully saturated rings. The van der Waals surface area contributed by atoms with Crippen LogP contribution < -0.4 is 5.32 Å². The number of pyridine rings is 2. The summed E-state index contributed by atoms with van der Waals surface area (Å²) >= 11 is 0.